The Kier molecular flexibility index (Phi) is 5.37. The van der Waals surface area contributed by atoms with Crippen LogP contribution in [0.25, 0.3) is 0 Å². The lowest BCUT2D eigenvalue weighted by Crippen LogP contribution is -2.56. The van der Waals surface area contributed by atoms with Gasteiger partial charge in [-0.2, -0.15) is 0 Å². The van der Waals surface area contributed by atoms with Gasteiger partial charge in [0.05, 0.1) is 10.9 Å². The first-order valence-corrected chi connectivity index (χ1v) is 12.6. The Morgan fingerprint density at radius 1 is 0.926 bits per heavy atom. The lowest BCUT2D eigenvalue weighted by Gasteiger charge is -2.62. The standard InChI is InChI=1S/C24H39BrO2/c1-22(27)11-5-12-23(2)16(14-22)8-9-17-18-6-4-7-20(21(26)15-25)24(18,3)13-10-19(17)23/h16-20,27H,4-15H2,1-3H3/t16-,17-,18-,19-,20+,22?,23-,24-/m0/s1. The number of carbonyl (C=O) groups is 1. The summed E-state index contributed by atoms with van der Waals surface area (Å²) in [6, 6.07) is 0. The molecule has 0 aromatic carbocycles. The van der Waals surface area contributed by atoms with Gasteiger partial charge in [0.1, 0.15) is 5.78 Å². The first-order chi connectivity index (χ1) is 12.7. The Bertz CT molecular complexity index is 587. The molecule has 4 rings (SSSR count). The van der Waals surface area contributed by atoms with E-state index in [0.29, 0.717) is 22.4 Å². The van der Waals surface area contributed by atoms with E-state index in [9.17, 15) is 9.90 Å². The van der Waals surface area contributed by atoms with Crippen molar-refractivity contribution in [3.05, 3.63) is 0 Å². The highest BCUT2D eigenvalue weighted by molar-refractivity contribution is 9.09. The van der Waals surface area contributed by atoms with Gasteiger partial charge in [-0.15, -0.1) is 0 Å². The zero-order valence-electron chi connectivity index (χ0n) is 17.6. The maximum Gasteiger partial charge on any atom is 0.147 e. The Hall–Kier alpha value is 0.110. The van der Waals surface area contributed by atoms with Crippen molar-refractivity contribution in [3.63, 3.8) is 0 Å². The smallest absolute Gasteiger partial charge is 0.147 e. The summed E-state index contributed by atoms with van der Waals surface area (Å²) in [6.45, 7) is 7.10. The molecule has 0 bridgehead atoms. The molecular weight excluding hydrogens is 400 g/mol. The molecule has 0 spiro atoms. The zero-order chi connectivity index (χ0) is 19.4. The third-order valence-electron chi connectivity index (χ3n) is 9.94. The fourth-order valence-corrected chi connectivity index (χ4v) is 8.95. The van der Waals surface area contributed by atoms with Gasteiger partial charge < -0.3 is 5.11 Å². The minimum Gasteiger partial charge on any atom is -0.390 e. The SMILES string of the molecule is CC1(O)CCC[C@@]2(C)[C@@H](CC[C@@H]3[C@@H]2CC[C@]2(C)[C@@H](C(=O)CBr)CCC[C@@H]32)C1. The van der Waals surface area contributed by atoms with Crippen LogP contribution in [0.3, 0.4) is 0 Å². The number of rotatable bonds is 2. The summed E-state index contributed by atoms with van der Waals surface area (Å²) in [7, 11) is 0. The molecule has 8 atom stereocenters. The summed E-state index contributed by atoms with van der Waals surface area (Å²) < 4.78 is 0. The zero-order valence-corrected chi connectivity index (χ0v) is 19.2. The van der Waals surface area contributed by atoms with Crippen LogP contribution in [0.5, 0.6) is 0 Å². The molecule has 4 saturated carbocycles. The number of hydrogen-bond acceptors (Lipinski definition) is 2. The van der Waals surface area contributed by atoms with Crippen molar-refractivity contribution >= 4 is 21.7 Å². The third kappa shape index (κ3) is 3.27. The van der Waals surface area contributed by atoms with Crippen molar-refractivity contribution in [2.45, 2.75) is 97.0 Å². The molecule has 4 aliphatic carbocycles. The summed E-state index contributed by atoms with van der Waals surface area (Å²) >= 11 is 3.46. The van der Waals surface area contributed by atoms with E-state index in [-0.39, 0.29) is 11.3 Å². The highest BCUT2D eigenvalue weighted by Gasteiger charge is 2.59. The third-order valence-corrected chi connectivity index (χ3v) is 10.5. The van der Waals surface area contributed by atoms with E-state index in [2.05, 4.69) is 36.7 Å². The van der Waals surface area contributed by atoms with Gasteiger partial charge in [-0.25, -0.2) is 0 Å². The molecule has 0 heterocycles. The molecule has 1 N–H and O–H groups in total. The van der Waals surface area contributed by atoms with Crippen molar-refractivity contribution in [3.8, 4) is 0 Å². The summed E-state index contributed by atoms with van der Waals surface area (Å²) in [6.07, 6.45) is 13.3. The predicted octanol–water partition coefficient (Wildman–Crippen LogP) is 6.14. The number of ketones is 1. The van der Waals surface area contributed by atoms with Gasteiger partial charge in [0.2, 0.25) is 0 Å². The summed E-state index contributed by atoms with van der Waals surface area (Å²) in [5, 5.41) is 11.3. The van der Waals surface area contributed by atoms with E-state index >= 15 is 0 Å². The quantitative estimate of drug-likeness (QED) is 0.525. The highest BCUT2D eigenvalue weighted by atomic mass is 79.9. The fourth-order valence-electron chi connectivity index (χ4n) is 8.56. The molecule has 0 aliphatic heterocycles. The van der Waals surface area contributed by atoms with Crippen LogP contribution in [0, 0.1) is 40.4 Å². The summed E-state index contributed by atoms with van der Waals surface area (Å²) in [5.41, 5.74) is 0.164. The van der Waals surface area contributed by atoms with Crippen LogP contribution in [0.1, 0.15) is 91.4 Å². The fraction of sp³-hybridized carbons (Fsp3) is 0.958. The normalized spacial score (nSPS) is 52.9. The minimum absolute atomic E-state index is 0.226. The van der Waals surface area contributed by atoms with Gasteiger partial charge in [-0.1, -0.05) is 42.6 Å². The van der Waals surface area contributed by atoms with Crippen molar-refractivity contribution in [2.24, 2.45) is 40.4 Å². The molecule has 0 aromatic heterocycles. The van der Waals surface area contributed by atoms with Crippen molar-refractivity contribution in [2.75, 3.05) is 5.33 Å². The number of carbonyl (C=O) groups excluding carboxylic acids is 1. The maximum absolute atomic E-state index is 12.7. The molecule has 4 aliphatic rings. The maximum atomic E-state index is 12.7. The van der Waals surface area contributed by atoms with E-state index in [1.54, 1.807) is 0 Å². The van der Waals surface area contributed by atoms with E-state index in [1.165, 1.54) is 51.4 Å². The van der Waals surface area contributed by atoms with E-state index in [1.807, 2.05) is 0 Å². The van der Waals surface area contributed by atoms with Gasteiger partial charge in [0.25, 0.3) is 0 Å². The first kappa shape index (κ1) is 20.4. The molecule has 1 unspecified atom stereocenters. The molecular formula is C24H39BrO2. The van der Waals surface area contributed by atoms with Crippen molar-refractivity contribution in [1.29, 1.82) is 0 Å². The average molecular weight is 439 g/mol. The molecule has 27 heavy (non-hydrogen) atoms. The van der Waals surface area contributed by atoms with Gasteiger partial charge in [0.15, 0.2) is 0 Å². The lowest BCUT2D eigenvalue weighted by atomic mass is 9.42. The molecule has 0 radical (unpaired) electrons. The monoisotopic (exact) mass is 438 g/mol. The van der Waals surface area contributed by atoms with Crippen LogP contribution in [0.15, 0.2) is 0 Å². The van der Waals surface area contributed by atoms with Gasteiger partial charge in [0, 0.05) is 5.92 Å². The molecule has 0 aromatic rings. The van der Waals surface area contributed by atoms with Gasteiger partial charge in [-0.3, -0.25) is 4.79 Å². The lowest BCUT2D eigenvalue weighted by molar-refractivity contribution is -0.151. The van der Waals surface area contributed by atoms with Crippen molar-refractivity contribution < 1.29 is 9.90 Å². The molecule has 3 heteroatoms. The van der Waals surface area contributed by atoms with E-state index < -0.39 is 5.60 Å². The Labute approximate surface area is 174 Å². The van der Waals surface area contributed by atoms with Crippen LogP contribution >= 0.6 is 15.9 Å². The Balaban J connectivity index is 1.62. The van der Waals surface area contributed by atoms with Crippen LogP contribution in [0.4, 0.5) is 0 Å². The second kappa shape index (κ2) is 7.11. The number of hydrogen-bond donors (Lipinski definition) is 1. The molecule has 0 amide bonds. The van der Waals surface area contributed by atoms with Crippen LogP contribution in [0.2, 0.25) is 0 Å². The molecule has 0 saturated heterocycles. The molecule has 4 fully saturated rings. The van der Waals surface area contributed by atoms with Crippen LogP contribution in [-0.4, -0.2) is 21.8 Å². The first-order valence-electron chi connectivity index (χ1n) is 11.5. The average Bonchev–Trinajstić information content (AvgIpc) is 2.74. The number of fused-ring (bicyclic) bond motifs is 5. The summed E-state index contributed by atoms with van der Waals surface area (Å²) in [4.78, 5) is 12.7. The van der Waals surface area contributed by atoms with Crippen molar-refractivity contribution in [1.82, 2.24) is 0 Å². The second-order valence-corrected chi connectivity index (χ2v) is 11.9. The number of Topliss-reactive ketones (excluding diaryl/α,β-unsaturated/α-hetero) is 1. The highest BCUT2D eigenvalue weighted by Crippen LogP contribution is 2.66. The topological polar surface area (TPSA) is 37.3 Å². The van der Waals surface area contributed by atoms with Gasteiger partial charge in [-0.05, 0) is 99.2 Å². The van der Waals surface area contributed by atoms with E-state index in [0.717, 1.165) is 37.0 Å². The molecule has 2 nitrogen and oxygen atoms in total. The Morgan fingerprint density at radius 2 is 1.67 bits per heavy atom. The Morgan fingerprint density at radius 3 is 2.41 bits per heavy atom. The van der Waals surface area contributed by atoms with Crippen LogP contribution < -0.4 is 0 Å². The predicted molar refractivity (Wildman–Crippen MR) is 114 cm³/mol. The number of aliphatic hydroxyl groups is 1. The molecule has 154 valence electrons. The number of halogens is 1. The second-order valence-electron chi connectivity index (χ2n) is 11.3. The summed E-state index contributed by atoms with van der Waals surface area (Å²) in [5.74, 6) is 3.76. The van der Waals surface area contributed by atoms with E-state index in [4.69, 9.17) is 0 Å². The van der Waals surface area contributed by atoms with Crippen LogP contribution in [-0.2, 0) is 4.79 Å². The largest absolute Gasteiger partial charge is 0.390 e. The number of alkyl halides is 1. The minimum atomic E-state index is -0.462. The van der Waals surface area contributed by atoms with Gasteiger partial charge >= 0.3 is 0 Å².